The topological polar surface area (TPSA) is 101 Å². The van der Waals surface area contributed by atoms with E-state index in [1.54, 1.807) is 55.5 Å². The van der Waals surface area contributed by atoms with Gasteiger partial charge in [-0.25, -0.2) is 4.98 Å². The highest BCUT2D eigenvalue weighted by Gasteiger charge is 2.46. The molecule has 2 aromatic heterocycles. The number of nitrogens with zero attached hydrogens (tertiary/aromatic N) is 2. The molecule has 0 aliphatic carbocycles. The van der Waals surface area contributed by atoms with E-state index < -0.39 is 23.5 Å². The molecular weight excluding hydrogens is 476 g/mol. The summed E-state index contributed by atoms with van der Waals surface area (Å²) in [5.74, 6) is -2.33. The van der Waals surface area contributed by atoms with Gasteiger partial charge in [-0.1, -0.05) is 53.3 Å². The van der Waals surface area contributed by atoms with Crippen molar-refractivity contribution in [2.24, 2.45) is 0 Å². The lowest BCUT2D eigenvalue weighted by atomic mass is 9.95. The number of anilines is 1. The number of ketones is 2. The minimum Gasteiger partial charge on any atom is -0.503 e. The third kappa shape index (κ3) is 3.52. The van der Waals surface area contributed by atoms with E-state index in [-0.39, 0.29) is 22.2 Å². The van der Waals surface area contributed by atoms with E-state index >= 15 is 0 Å². The van der Waals surface area contributed by atoms with Crippen LogP contribution in [0.5, 0.6) is 0 Å². The van der Waals surface area contributed by atoms with Gasteiger partial charge in [0.05, 0.1) is 22.2 Å². The first-order chi connectivity index (χ1) is 16.3. The van der Waals surface area contributed by atoms with Crippen LogP contribution in [-0.4, -0.2) is 27.6 Å². The molecule has 0 fully saturated rings. The minimum absolute atomic E-state index is 0.0100. The number of rotatable bonds is 5. The van der Waals surface area contributed by atoms with Crippen molar-refractivity contribution in [3.05, 3.63) is 92.8 Å². The second-order valence-electron chi connectivity index (χ2n) is 7.84. The van der Waals surface area contributed by atoms with Crippen molar-refractivity contribution in [1.29, 1.82) is 0 Å². The fraction of sp³-hybridized carbons (Fsp3) is 0.120. The van der Waals surface area contributed by atoms with Crippen LogP contribution in [0, 0.1) is 6.92 Å². The number of fused-ring (bicyclic) bond motifs is 1. The van der Waals surface area contributed by atoms with Crippen molar-refractivity contribution < 1.29 is 23.9 Å². The number of para-hydroxylation sites is 1. The number of aliphatic hydroxyl groups excluding tert-OH is 1. The molecule has 1 atom stereocenters. The zero-order valence-corrected chi connectivity index (χ0v) is 19.6. The van der Waals surface area contributed by atoms with Gasteiger partial charge in [-0.15, -0.1) is 0 Å². The predicted octanol–water partition coefficient (Wildman–Crippen LogP) is 5.84. The zero-order chi connectivity index (χ0) is 24.1. The number of furan rings is 1. The number of halogens is 1. The van der Waals surface area contributed by atoms with Crippen LogP contribution in [0.4, 0.5) is 5.13 Å². The lowest BCUT2D eigenvalue weighted by Crippen LogP contribution is -2.31. The Balaban J connectivity index is 1.68. The van der Waals surface area contributed by atoms with Gasteiger partial charge >= 0.3 is 0 Å². The Morgan fingerprint density at radius 3 is 2.59 bits per heavy atom. The molecule has 7 nitrogen and oxygen atoms in total. The summed E-state index contributed by atoms with van der Waals surface area (Å²) in [6, 6.07) is 14.3. The first-order valence-corrected chi connectivity index (χ1v) is 11.5. The third-order valence-corrected chi connectivity index (χ3v) is 7.07. The van der Waals surface area contributed by atoms with Crippen molar-refractivity contribution in [2.75, 3.05) is 4.90 Å². The molecule has 34 heavy (non-hydrogen) atoms. The molecule has 4 aromatic rings. The monoisotopic (exact) mass is 492 g/mol. The van der Waals surface area contributed by atoms with Crippen LogP contribution in [0.3, 0.4) is 0 Å². The van der Waals surface area contributed by atoms with Crippen LogP contribution in [0.15, 0.2) is 70.3 Å². The molecule has 1 amide bonds. The van der Waals surface area contributed by atoms with Gasteiger partial charge in [0.1, 0.15) is 5.58 Å². The molecule has 0 unspecified atom stereocenters. The van der Waals surface area contributed by atoms with Crippen LogP contribution in [0.2, 0.25) is 5.02 Å². The van der Waals surface area contributed by atoms with E-state index in [0.29, 0.717) is 32.1 Å². The van der Waals surface area contributed by atoms with Gasteiger partial charge in [0.15, 0.2) is 22.4 Å². The van der Waals surface area contributed by atoms with Crippen LogP contribution >= 0.6 is 22.9 Å². The fourth-order valence-electron chi connectivity index (χ4n) is 4.06. The summed E-state index contributed by atoms with van der Waals surface area (Å²) in [4.78, 5) is 44.9. The van der Waals surface area contributed by atoms with E-state index in [1.807, 2.05) is 6.07 Å². The minimum atomic E-state index is -1.02. The van der Waals surface area contributed by atoms with Gasteiger partial charge in [0.25, 0.3) is 5.91 Å². The number of aryl methyl sites for hydroxylation is 1. The summed E-state index contributed by atoms with van der Waals surface area (Å²) >= 11 is 7.24. The number of carbonyl (C=O) groups excluding carboxylic acids is 3. The molecule has 1 aliphatic heterocycles. The first-order valence-electron chi connectivity index (χ1n) is 10.3. The number of benzene rings is 2. The lowest BCUT2D eigenvalue weighted by Gasteiger charge is -2.24. The molecule has 5 rings (SSSR count). The molecule has 0 radical (unpaired) electrons. The average Bonchev–Trinajstić information content (AvgIpc) is 3.47. The Hall–Kier alpha value is -3.75. The Labute approximate surface area is 202 Å². The Morgan fingerprint density at radius 1 is 1.15 bits per heavy atom. The highest BCUT2D eigenvalue weighted by atomic mass is 35.5. The SMILES string of the molecule is CC(=O)c1sc(N2C(=O)C(O)=C(C(=O)c3cc4ccccc4o3)[C@H]2c2cccc(Cl)c2)nc1C. The number of hydrogen-bond donors (Lipinski definition) is 1. The summed E-state index contributed by atoms with van der Waals surface area (Å²) in [6.45, 7) is 3.08. The Kier molecular flexibility index (Phi) is 5.34. The molecule has 0 bridgehead atoms. The number of Topliss-reactive ketones (excluding diaryl/α,β-unsaturated/α-hetero) is 2. The summed E-state index contributed by atoms with van der Waals surface area (Å²) in [7, 11) is 0. The van der Waals surface area contributed by atoms with Crippen LogP contribution in [-0.2, 0) is 4.79 Å². The highest BCUT2D eigenvalue weighted by molar-refractivity contribution is 7.17. The van der Waals surface area contributed by atoms with Crippen molar-refractivity contribution in [3.8, 4) is 0 Å². The second-order valence-corrected chi connectivity index (χ2v) is 9.25. The van der Waals surface area contributed by atoms with Crippen LogP contribution < -0.4 is 4.90 Å². The fourth-order valence-corrected chi connectivity index (χ4v) is 5.25. The number of amides is 1. The number of hydrogen-bond acceptors (Lipinski definition) is 7. The molecule has 1 N–H and O–H groups in total. The maximum Gasteiger partial charge on any atom is 0.296 e. The molecule has 9 heteroatoms. The molecule has 170 valence electrons. The molecule has 0 saturated heterocycles. The number of thiazole rings is 1. The molecule has 0 spiro atoms. The largest absolute Gasteiger partial charge is 0.503 e. The van der Waals surface area contributed by atoms with Gasteiger partial charge in [-0.2, -0.15) is 0 Å². The van der Waals surface area contributed by atoms with Crippen LogP contribution in [0.25, 0.3) is 11.0 Å². The van der Waals surface area contributed by atoms with E-state index in [4.69, 9.17) is 16.0 Å². The Bertz CT molecular complexity index is 1500. The molecule has 3 heterocycles. The summed E-state index contributed by atoms with van der Waals surface area (Å²) < 4.78 is 5.72. The van der Waals surface area contributed by atoms with Gasteiger partial charge in [0.2, 0.25) is 5.78 Å². The Morgan fingerprint density at radius 2 is 1.91 bits per heavy atom. The zero-order valence-electron chi connectivity index (χ0n) is 18.0. The third-order valence-electron chi connectivity index (χ3n) is 5.58. The van der Waals surface area contributed by atoms with E-state index in [1.165, 1.54) is 11.8 Å². The van der Waals surface area contributed by atoms with Crippen LogP contribution in [0.1, 0.15) is 44.4 Å². The summed E-state index contributed by atoms with van der Waals surface area (Å²) in [5, 5.41) is 12.2. The molecule has 1 aliphatic rings. The van der Waals surface area contributed by atoms with Gasteiger partial charge in [0, 0.05) is 17.3 Å². The van der Waals surface area contributed by atoms with E-state index in [0.717, 1.165) is 11.3 Å². The molecule has 2 aromatic carbocycles. The molecular formula is C25H17ClN2O5S. The number of aliphatic hydroxyl groups is 1. The first kappa shape index (κ1) is 22.1. The van der Waals surface area contributed by atoms with E-state index in [2.05, 4.69) is 4.98 Å². The van der Waals surface area contributed by atoms with Crippen molar-refractivity contribution >= 4 is 56.5 Å². The van der Waals surface area contributed by atoms with Gasteiger partial charge in [-0.3, -0.25) is 19.3 Å². The van der Waals surface area contributed by atoms with Crippen molar-refractivity contribution in [3.63, 3.8) is 0 Å². The average molecular weight is 493 g/mol. The number of carbonyl (C=O) groups is 3. The quantitative estimate of drug-likeness (QED) is 0.351. The smallest absolute Gasteiger partial charge is 0.296 e. The maximum atomic E-state index is 13.6. The summed E-state index contributed by atoms with van der Waals surface area (Å²) in [6.07, 6.45) is 0. The normalized spacial score (nSPS) is 16.0. The summed E-state index contributed by atoms with van der Waals surface area (Å²) in [5.41, 5.74) is 1.32. The second kappa shape index (κ2) is 8.23. The van der Waals surface area contributed by atoms with Crippen molar-refractivity contribution in [2.45, 2.75) is 19.9 Å². The standard InChI is InChI=1S/C25H17ClN2O5S/c1-12-23(13(2)29)34-25(27-12)28-20(15-7-5-8-16(26)10-15)19(22(31)24(28)32)21(30)18-11-14-6-3-4-9-17(14)33-18/h3-11,20,31H,1-2H3/t20-/m1/s1. The van der Waals surface area contributed by atoms with Gasteiger partial charge < -0.3 is 9.52 Å². The number of aromatic nitrogens is 1. The molecule has 0 saturated carbocycles. The lowest BCUT2D eigenvalue weighted by molar-refractivity contribution is -0.117. The predicted molar refractivity (Wildman–Crippen MR) is 129 cm³/mol. The maximum absolute atomic E-state index is 13.6. The van der Waals surface area contributed by atoms with Gasteiger partial charge in [-0.05, 0) is 36.8 Å². The van der Waals surface area contributed by atoms with E-state index in [9.17, 15) is 19.5 Å². The van der Waals surface area contributed by atoms with Crippen molar-refractivity contribution in [1.82, 2.24) is 4.98 Å². The highest BCUT2D eigenvalue weighted by Crippen LogP contribution is 2.44.